The summed E-state index contributed by atoms with van der Waals surface area (Å²) in [4.78, 5) is 22.7. The van der Waals surface area contributed by atoms with Crippen LogP contribution < -0.4 is 4.89 Å². The van der Waals surface area contributed by atoms with Crippen LogP contribution in [0.1, 0.15) is 43.2 Å². The van der Waals surface area contributed by atoms with Gasteiger partial charge in [-0.05, 0) is 53.0 Å². The molecule has 1 aromatic carbocycles. The van der Waals surface area contributed by atoms with E-state index in [2.05, 4.69) is 9.82 Å². The highest BCUT2D eigenvalue weighted by Crippen LogP contribution is 2.31. The number of halogens is 1. The van der Waals surface area contributed by atoms with Gasteiger partial charge in [-0.1, -0.05) is 20.8 Å². The lowest BCUT2D eigenvalue weighted by Gasteiger charge is -2.21. The Morgan fingerprint density at radius 1 is 1.27 bits per heavy atom. The monoisotopic (exact) mass is 382 g/mol. The molecule has 8 heteroatoms. The molecule has 26 heavy (non-hydrogen) atoms. The van der Waals surface area contributed by atoms with Crippen molar-refractivity contribution in [2.75, 3.05) is 6.26 Å². The van der Waals surface area contributed by atoms with Gasteiger partial charge in [0, 0.05) is 11.1 Å². The number of nitrogens with one attached hydrogen (secondary N) is 1. The molecule has 142 valence electrons. The number of carbonyl (C=O) groups is 1. The number of rotatable bonds is 4. The number of sulfonamides is 1. The lowest BCUT2D eigenvalue weighted by atomic mass is 9.85. The Hall–Kier alpha value is -2.06. The lowest BCUT2D eigenvalue weighted by Crippen LogP contribution is -2.27. The van der Waals surface area contributed by atoms with Gasteiger partial charge in [0.2, 0.25) is 10.0 Å². The Morgan fingerprint density at radius 3 is 2.42 bits per heavy atom. The zero-order valence-electron chi connectivity index (χ0n) is 15.7. The zero-order valence-corrected chi connectivity index (χ0v) is 16.5. The number of aryl methyl sites for hydroxylation is 1. The topological polar surface area (TPSA) is 85.4 Å². The van der Waals surface area contributed by atoms with Gasteiger partial charge in [0.25, 0.3) is 0 Å². The predicted molar refractivity (Wildman–Crippen MR) is 97.7 cm³/mol. The van der Waals surface area contributed by atoms with Crippen LogP contribution in [0.3, 0.4) is 0 Å². The van der Waals surface area contributed by atoms with Gasteiger partial charge in [-0.25, -0.2) is 22.6 Å². The summed E-state index contributed by atoms with van der Waals surface area (Å²) in [6, 6.07) is 3.28. The summed E-state index contributed by atoms with van der Waals surface area (Å²) < 4.78 is 36.8. The number of hydrogen-bond acceptors (Lipinski definition) is 5. The molecule has 0 saturated heterocycles. The molecule has 1 heterocycles. The third kappa shape index (κ3) is 4.56. The fourth-order valence-electron chi connectivity index (χ4n) is 2.58. The normalized spacial score (nSPS) is 12.4. The van der Waals surface area contributed by atoms with E-state index in [0.717, 1.165) is 17.4 Å². The zero-order chi connectivity index (χ0) is 19.9. The maximum Gasteiger partial charge on any atom is 0.330 e. The molecule has 0 aliphatic heterocycles. The van der Waals surface area contributed by atoms with E-state index in [-0.39, 0.29) is 17.4 Å². The largest absolute Gasteiger partial charge is 0.356 e. The Labute approximate surface area is 152 Å². The van der Waals surface area contributed by atoms with Crippen LogP contribution >= 0.6 is 0 Å². The molecule has 2 aromatic rings. The Balaban J connectivity index is 2.58. The fourth-order valence-corrected chi connectivity index (χ4v) is 2.82. The van der Waals surface area contributed by atoms with E-state index in [1.54, 1.807) is 18.7 Å². The molecule has 0 atom stereocenters. The maximum absolute atomic E-state index is 14.6. The first-order valence-electron chi connectivity index (χ1n) is 8.06. The highest BCUT2D eigenvalue weighted by Gasteiger charge is 2.21. The fraction of sp³-hybridized carbons (Fsp3) is 0.444. The molecule has 6 nitrogen and oxygen atoms in total. The molecule has 0 radical (unpaired) electrons. The van der Waals surface area contributed by atoms with Gasteiger partial charge in [-0.2, -0.15) is 0 Å². The molecular weight excluding hydrogens is 359 g/mol. The van der Waals surface area contributed by atoms with Gasteiger partial charge in [-0.15, -0.1) is 0 Å². The van der Waals surface area contributed by atoms with Crippen LogP contribution in [-0.2, 0) is 31.5 Å². The summed E-state index contributed by atoms with van der Waals surface area (Å²) in [6.07, 6.45) is 0.670. The molecule has 1 aromatic heterocycles. The van der Waals surface area contributed by atoms with E-state index in [1.165, 1.54) is 6.07 Å². The van der Waals surface area contributed by atoms with Crippen molar-refractivity contribution >= 4 is 26.9 Å². The van der Waals surface area contributed by atoms with E-state index in [9.17, 15) is 17.6 Å². The molecule has 1 N–H and O–H groups in total. The lowest BCUT2D eigenvalue weighted by molar-refractivity contribution is -0.146. The van der Waals surface area contributed by atoms with Crippen molar-refractivity contribution in [2.24, 2.45) is 0 Å². The summed E-state index contributed by atoms with van der Waals surface area (Å²) in [7, 11) is -3.67. The van der Waals surface area contributed by atoms with Crippen LogP contribution in [0.5, 0.6) is 0 Å². The summed E-state index contributed by atoms with van der Waals surface area (Å²) in [5.74, 6) is -1.24. The molecule has 0 fully saturated rings. The van der Waals surface area contributed by atoms with Gasteiger partial charge in [-0.3, -0.25) is 0 Å². The first-order chi connectivity index (χ1) is 11.8. The van der Waals surface area contributed by atoms with Crippen LogP contribution in [0.4, 0.5) is 4.39 Å². The predicted octanol–water partition coefficient (Wildman–Crippen LogP) is 2.84. The second kappa shape index (κ2) is 6.92. The van der Waals surface area contributed by atoms with E-state index >= 15 is 0 Å². The van der Waals surface area contributed by atoms with E-state index in [0.29, 0.717) is 16.6 Å². The first-order valence-corrected chi connectivity index (χ1v) is 9.95. The van der Waals surface area contributed by atoms with Crippen molar-refractivity contribution in [2.45, 2.75) is 46.5 Å². The number of benzene rings is 1. The number of pyridine rings is 1. The minimum Gasteiger partial charge on any atom is -0.356 e. The second-order valence-corrected chi connectivity index (χ2v) is 9.12. The minimum absolute atomic E-state index is 0.181. The SMILES string of the molecule is Cc1nc2c(F)cc(C(C)(C)C)cc2c(CC(=O)ONS(C)(=O)=O)c1C. The van der Waals surface area contributed by atoms with Crippen molar-refractivity contribution in [3.63, 3.8) is 0 Å². The summed E-state index contributed by atoms with van der Waals surface area (Å²) in [5, 5.41) is 0.523. The van der Waals surface area contributed by atoms with Gasteiger partial charge in [0.1, 0.15) is 11.3 Å². The number of carbonyl (C=O) groups excluding carboxylic acids is 1. The molecule has 0 saturated carbocycles. The number of nitrogens with zero attached hydrogens (tertiary/aromatic N) is 1. The average Bonchev–Trinajstić information content (AvgIpc) is 2.49. The van der Waals surface area contributed by atoms with Crippen LogP contribution in [-0.4, -0.2) is 25.6 Å². The van der Waals surface area contributed by atoms with Crippen molar-refractivity contribution in [1.82, 2.24) is 9.87 Å². The molecule has 0 aliphatic rings. The quantitative estimate of drug-likeness (QED) is 0.822. The van der Waals surface area contributed by atoms with Crippen molar-refractivity contribution in [3.8, 4) is 0 Å². The van der Waals surface area contributed by atoms with Crippen molar-refractivity contribution in [1.29, 1.82) is 0 Å². The standard InChI is InChI=1S/C18H23FN2O4S/c1-10-11(2)20-17-14(7-12(8-15(17)19)18(3,4)5)13(10)9-16(22)25-21-26(6,23)24/h7-8,21H,9H2,1-6H3. The molecule has 0 aliphatic carbocycles. The van der Waals surface area contributed by atoms with Crippen LogP contribution in [0, 0.1) is 19.7 Å². The third-order valence-corrected chi connectivity index (χ3v) is 4.54. The summed E-state index contributed by atoms with van der Waals surface area (Å²) >= 11 is 0. The number of hydrogen-bond donors (Lipinski definition) is 1. The van der Waals surface area contributed by atoms with Crippen LogP contribution in [0.25, 0.3) is 10.9 Å². The Morgan fingerprint density at radius 2 is 1.88 bits per heavy atom. The molecule has 0 bridgehead atoms. The second-order valence-electron chi connectivity index (χ2n) is 7.41. The summed E-state index contributed by atoms with van der Waals surface area (Å²) in [6.45, 7) is 9.41. The molecular formula is C18H23FN2O4S. The van der Waals surface area contributed by atoms with Crippen molar-refractivity contribution < 1.29 is 22.4 Å². The highest BCUT2D eigenvalue weighted by atomic mass is 32.2. The number of aromatic nitrogens is 1. The third-order valence-electron chi connectivity index (χ3n) is 4.16. The van der Waals surface area contributed by atoms with E-state index in [1.807, 2.05) is 26.8 Å². The summed E-state index contributed by atoms with van der Waals surface area (Å²) in [5.41, 5.74) is 2.57. The van der Waals surface area contributed by atoms with E-state index in [4.69, 9.17) is 0 Å². The van der Waals surface area contributed by atoms with Crippen molar-refractivity contribution in [3.05, 3.63) is 40.3 Å². The van der Waals surface area contributed by atoms with Gasteiger partial charge in [0.05, 0.1) is 12.7 Å². The van der Waals surface area contributed by atoms with Crippen LogP contribution in [0.2, 0.25) is 0 Å². The van der Waals surface area contributed by atoms with Crippen LogP contribution in [0.15, 0.2) is 12.1 Å². The van der Waals surface area contributed by atoms with E-state index < -0.39 is 21.8 Å². The average molecular weight is 382 g/mol. The molecule has 0 unspecified atom stereocenters. The van der Waals surface area contributed by atoms with Gasteiger partial charge < -0.3 is 4.84 Å². The van der Waals surface area contributed by atoms with Gasteiger partial charge in [0.15, 0.2) is 0 Å². The van der Waals surface area contributed by atoms with Gasteiger partial charge >= 0.3 is 5.97 Å². The minimum atomic E-state index is -3.67. The highest BCUT2D eigenvalue weighted by molar-refractivity contribution is 7.88. The Kier molecular flexibility index (Phi) is 5.39. The molecule has 0 spiro atoms. The number of fused-ring (bicyclic) bond motifs is 1. The Bertz CT molecular complexity index is 979. The first kappa shape index (κ1) is 20.3. The molecule has 2 rings (SSSR count). The maximum atomic E-state index is 14.6. The smallest absolute Gasteiger partial charge is 0.330 e. The molecule has 0 amide bonds.